The molecule has 1 heterocycles. The van der Waals surface area contributed by atoms with Gasteiger partial charge in [0.1, 0.15) is 5.82 Å². The highest BCUT2D eigenvalue weighted by molar-refractivity contribution is 9.10. The number of nitrogens with one attached hydrogen (secondary N) is 1. The monoisotopic (exact) mass is 326 g/mol. The lowest BCUT2D eigenvalue weighted by atomic mass is 10.0. The second-order valence-electron chi connectivity index (χ2n) is 4.68. The van der Waals surface area contributed by atoms with Gasteiger partial charge in [0.25, 0.3) is 0 Å². The molecule has 2 nitrogen and oxygen atoms in total. The Hall–Kier alpha value is -1.87. The van der Waals surface area contributed by atoms with E-state index in [4.69, 9.17) is 0 Å². The van der Waals surface area contributed by atoms with Crippen LogP contribution in [0.3, 0.4) is 0 Å². The molecule has 0 atom stereocenters. The fraction of sp³-hybridized carbons (Fsp3) is 0.118. The molecule has 0 aliphatic carbocycles. The molecule has 100 valence electrons. The third-order valence-electron chi connectivity index (χ3n) is 3.31. The van der Waals surface area contributed by atoms with Crippen LogP contribution in [0.15, 0.2) is 65.3 Å². The van der Waals surface area contributed by atoms with Crippen LogP contribution in [-0.4, -0.2) is 11.5 Å². The van der Waals surface area contributed by atoms with Gasteiger partial charge in [-0.2, -0.15) is 0 Å². The van der Waals surface area contributed by atoms with Gasteiger partial charge in [0.05, 0.1) is 0 Å². The molecule has 0 aliphatic heterocycles. The number of fused-ring (bicyclic) bond motifs is 1. The van der Waals surface area contributed by atoms with Crippen molar-refractivity contribution in [3.05, 3.63) is 70.8 Å². The number of hydrogen-bond donors (Lipinski definition) is 1. The zero-order valence-corrected chi connectivity index (χ0v) is 12.6. The highest BCUT2D eigenvalue weighted by atomic mass is 79.9. The van der Waals surface area contributed by atoms with Crippen molar-refractivity contribution in [1.82, 2.24) is 4.98 Å². The summed E-state index contributed by atoms with van der Waals surface area (Å²) in [5, 5.41) is 5.98. The fourth-order valence-electron chi connectivity index (χ4n) is 2.32. The highest BCUT2D eigenvalue weighted by Crippen LogP contribution is 2.19. The Labute approximate surface area is 127 Å². The molecule has 0 spiro atoms. The molecular formula is C17H15BrN2. The van der Waals surface area contributed by atoms with E-state index in [1.165, 1.54) is 16.3 Å². The summed E-state index contributed by atoms with van der Waals surface area (Å²) in [5.74, 6) is 0.911. The van der Waals surface area contributed by atoms with Crippen molar-refractivity contribution in [3.8, 4) is 0 Å². The molecular weight excluding hydrogens is 312 g/mol. The summed E-state index contributed by atoms with van der Waals surface area (Å²) in [6.45, 7) is 0.878. The second-order valence-corrected chi connectivity index (χ2v) is 5.59. The number of halogens is 1. The number of anilines is 1. The van der Waals surface area contributed by atoms with Crippen LogP contribution in [0, 0.1) is 0 Å². The van der Waals surface area contributed by atoms with Crippen LogP contribution in [0.25, 0.3) is 10.8 Å². The molecule has 3 rings (SSSR count). The Morgan fingerprint density at radius 2 is 1.80 bits per heavy atom. The highest BCUT2D eigenvalue weighted by Gasteiger charge is 2.00. The SMILES string of the molecule is Brc1ccc(NCCc2cccc3ccccc23)nc1. The number of rotatable bonds is 4. The van der Waals surface area contributed by atoms with Gasteiger partial charge in [-0.05, 0) is 50.8 Å². The molecule has 0 unspecified atom stereocenters. The summed E-state index contributed by atoms with van der Waals surface area (Å²) in [7, 11) is 0. The minimum Gasteiger partial charge on any atom is -0.370 e. The van der Waals surface area contributed by atoms with Crippen molar-refractivity contribution in [2.75, 3.05) is 11.9 Å². The Morgan fingerprint density at radius 1 is 0.950 bits per heavy atom. The summed E-state index contributed by atoms with van der Waals surface area (Å²) < 4.78 is 0.997. The van der Waals surface area contributed by atoms with Gasteiger partial charge in [0.15, 0.2) is 0 Å². The first-order chi connectivity index (χ1) is 9.83. The van der Waals surface area contributed by atoms with Crippen LogP contribution in [0.1, 0.15) is 5.56 Å². The molecule has 0 amide bonds. The molecule has 2 aromatic carbocycles. The van der Waals surface area contributed by atoms with Gasteiger partial charge in [-0.25, -0.2) is 4.98 Å². The normalized spacial score (nSPS) is 10.7. The maximum atomic E-state index is 4.31. The largest absolute Gasteiger partial charge is 0.370 e. The van der Waals surface area contributed by atoms with E-state index in [0.717, 1.165) is 23.3 Å². The molecule has 1 aromatic heterocycles. The molecule has 0 saturated heterocycles. The van der Waals surface area contributed by atoms with Crippen molar-refractivity contribution in [2.24, 2.45) is 0 Å². The van der Waals surface area contributed by atoms with Crippen molar-refractivity contribution in [2.45, 2.75) is 6.42 Å². The maximum absolute atomic E-state index is 4.31. The van der Waals surface area contributed by atoms with E-state index in [1.807, 2.05) is 12.1 Å². The summed E-state index contributed by atoms with van der Waals surface area (Å²) in [6, 6.07) is 19.0. The van der Waals surface area contributed by atoms with Crippen molar-refractivity contribution < 1.29 is 0 Å². The van der Waals surface area contributed by atoms with Gasteiger partial charge in [0.2, 0.25) is 0 Å². The summed E-state index contributed by atoms with van der Waals surface area (Å²) >= 11 is 3.39. The van der Waals surface area contributed by atoms with Gasteiger partial charge in [-0.3, -0.25) is 0 Å². The molecule has 20 heavy (non-hydrogen) atoms. The standard InChI is InChI=1S/C17H15BrN2/c18-15-8-9-17(20-12-15)19-11-10-14-6-3-5-13-4-1-2-7-16(13)14/h1-9,12H,10-11H2,(H,19,20). The van der Waals surface area contributed by atoms with E-state index in [9.17, 15) is 0 Å². The third kappa shape index (κ3) is 2.99. The van der Waals surface area contributed by atoms with Crippen molar-refractivity contribution in [1.29, 1.82) is 0 Å². The first-order valence-electron chi connectivity index (χ1n) is 6.65. The molecule has 0 radical (unpaired) electrons. The zero-order chi connectivity index (χ0) is 13.8. The third-order valence-corrected chi connectivity index (χ3v) is 3.78. The van der Waals surface area contributed by atoms with Crippen LogP contribution in [0.4, 0.5) is 5.82 Å². The Morgan fingerprint density at radius 3 is 2.65 bits per heavy atom. The topological polar surface area (TPSA) is 24.9 Å². The zero-order valence-electron chi connectivity index (χ0n) is 11.0. The summed E-state index contributed by atoms with van der Waals surface area (Å²) in [4.78, 5) is 4.31. The number of hydrogen-bond acceptors (Lipinski definition) is 2. The quantitative estimate of drug-likeness (QED) is 0.754. The van der Waals surface area contributed by atoms with Crippen molar-refractivity contribution >= 4 is 32.5 Å². The van der Waals surface area contributed by atoms with Gasteiger partial charge in [0, 0.05) is 17.2 Å². The lowest BCUT2D eigenvalue weighted by Gasteiger charge is -2.08. The summed E-state index contributed by atoms with van der Waals surface area (Å²) in [5.41, 5.74) is 1.37. The van der Waals surface area contributed by atoms with Gasteiger partial charge < -0.3 is 5.32 Å². The first kappa shape index (κ1) is 13.1. The van der Waals surface area contributed by atoms with Crippen LogP contribution in [0.2, 0.25) is 0 Å². The smallest absolute Gasteiger partial charge is 0.125 e. The van der Waals surface area contributed by atoms with Crippen LogP contribution >= 0.6 is 15.9 Å². The molecule has 0 saturated carbocycles. The molecule has 0 bridgehead atoms. The van der Waals surface area contributed by atoms with E-state index >= 15 is 0 Å². The fourth-order valence-corrected chi connectivity index (χ4v) is 2.55. The number of benzene rings is 2. The molecule has 3 aromatic rings. The molecule has 1 N–H and O–H groups in total. The Balaban J connectivity index is 1.69. The second kappa shape index (κ2) is 6.06. The van der Waals surface area contributed by atoms with Gasteiger partial charge in [-0.1, -0.05) is 42.5 Å². The average Bonchev–Trinajstić information content (AvgIpc) is 2.49. The van der Waals surface area contributed by atoms with Crippen LogP contribution < -0.4 is 5.32 Å². The predicted molar refractivity (Wildman–Crippen MR) is 88.1 cm³/mol. The van der Waals surface area contributed by atoms with E-state index in [-0.39, 0.29) is 0 Å². The average molecular weight is 327 g/mol. The Bertz CT molecular complexity index is 702. The maximum Gasteiger partial charge on any atom is 0.125 e. The number of pyridine rings is 1. The van der Waals surface area contributed by atoms with Gasteiger partial charge >= 0.3 is 0 Å². The minimum absolute atomic E-state index is 0.878. The lowest BCUT2D eigenvalue weighted by Crippen LogP contribution is -2.06. The summed E-state index contributed by atoms with van der Waals surface area (Å²) in [6.07, 6.45) is 2.79. The van der Waals surface area contributed by atoms with Crippen molar-refractivity contribution in [3.63, 3.8) is 0 Å². The Kier molecular flexibility index (Phi) is 3.97. The van der Waals surface area contributed by atoms with E-state index in [0.29, 0.717) is 0 Å². The van der Waals surface area contributed by atoms with E-state index in [1.54, 1.807) is 6.20 Å². The lowest BCUT2D eigenvalue weighted by molar-refractivity contribution is 1.01. The van der Waals surface area contributed by atoms with Crippen LogP contribution in [-0.2, 0) is 6.42 Å². The first-order valence-corrected chi connectivity index (χ1v) is 7.44. The minimum atomic E-state index is 0.878. The molecule has 0 aliphatic rings. The van der Waals surface area contributed by atoms with E-state index in [2.05, 4.69) is 68.7 Å². The number of aromatic nitrogens is 1. The molecule has 0 fully saturated rings. The van der Waals surface area contributed by atoms with Gasteiger partial charge in [-0.15, -0.1) is 0 Å². The van der Waals surface area contributed by atoms with Crippen LogP contribution in [0.5, 0.6) is 0 Å². The molecule has 3 heteroatoms. The predicted octanol–water partition coefficient (Wildman–Crippen LogP) is 4.65. The van der Waals surface area contributed by atoms with E-state index < -0.39 is 0 Å². The number of nitrogens with zero attached hydrogens (tertiary/aromatic N) is 1.